The highest BCUT2D eigenvalue weighted by atomic mass is 16.1. The molecule has 0 fully saturated rings. The third-order valence-electron chi connectivity index (χ3n) is 2.28. The van der Waals surface area contributed by atoms with Crippen molar-refractivity contribution in [2.24, 2.45) is 0 Å². The molecule has 0 unspecified atom stereocenters. The highest BCUT2D eigenvalue weighted by Crippen LogP contribution is 2.21. The first-order valence-corrected chi connectivity index (χ1v) is 4.56. The summed E-state index contributed by atoms with van der Waals surface area (Å²) in [4.78, 5) is 11.3. The van der Waals surface area contributed by atoms with E-state index in [0.29, 0.717) is 5.65 Å². The Morgan fingerprint density at radius 2 is 2.07 bits per heavy atom. The lowest BCUT2D eigenvalue weighted by Crippen LogP contribution is -2.15. The Hall–Kier alpha value is -1.58. The minimum atomic E-state index is -0.189. The topological polar surface area (TPSA) is 50.2 Å². The number of rotatable bonds is 0. The van der Waals surface area contributed by atoms with Gasteiger partial charge in [-0.25, -0.2) is 9.89 Å². The number of hydrogen-bond donors (Lipinski definition) is 1. The number of nitrogens with one attached hydrogen (secondary N) is 1. The van der Waals surface area contributed by atoms with E-state index in [9.17, 15) is 4.79 Å². The second-order valence-corrected chi connectivity index (χ2v) is 4.42. The van der Waals surface area contributed by atoms with Gasteiger partial charge in [-0.3, -0.25) is 4.40 Å². The molecule has 0 amide bonds. The van der Waals surface area contributed by atoms with Crippen LogP contribution >= 0.6 is 0 Å². The van der Waals surface area contributed by atoms with Crippen molar-refractivity contribution in [3.63, 3.8) is 0 Å². The molecule has 74 valence electrons. The first kappa shape index (κ1) is 8.99. The monoisotopic (exact) mass is 191 g/mol. The molecule has 0 aliphatic rings. The molecule has 0 spiro atoms. The molecule has 2 aromatic rings. The van der Waals surface area contributed by atoms with E-state index in [0.717, 1.165) is 5.56 Å². The fourth-order valence-corrected chi connectivity index (χ4v) is 1.35. The lowest BCUT2D eigenvalue weighted by molar-refractivity contribution is 0.586. The van der Waals surface area contributed by atoms with Crippen molar-refractivity contribution in [1.82, 2.24) is 14.6 Å². The first-order chi connectivity index (χ1) is 6.48. The number of H-pyrrole nitrogens is 1. The zero-order valence-electron chi connectivity index (χ0n) is 8.53. The van der Waals surface area contributed by atoms with Crippen LogP contribution in [0.3, 0.4) is 0 Å². The SMILES string of the molecule is CC(C)(C)c1ccc2n[nH]c(=O)n2c1. The Bertz CT molecular complexity index is 516. The number of pyridine rings is 1. The van der Waals surface area contributed by atoms with Crippen LogP contribution < -0.4 is 5.69 Å². The predicted octanol–water partition coefficient (Wildman–Crippen LogP) is 1.32. The Labute approximate surface area is 81.6 Å². The highest BCUT2D eigenvalue weighted by Gasteiger charge is 2.14. The number of fused-ring (bicyclic) bond motifs is 1. The van der Waals surface area contributed by atoms with E-state index < -0.39 is 0 Å². The average molecular weight is 191 g/mol. The van der Waals surface area contributed by atoms with Gasteiger partial charge in [-0.05, 0) is 17.0 Å². The van der Waals surface area contributed by atoms with E-state index in [-0.39, 0.29) is 11.1 Å². The quantitative estimate of drug-likeness (QED) is 0.682. The van der Waals surface area contributed by atoms with Gasteiger partial charge in [-0.2, -0.15) is 5.10 Å². The molecule has 0 aliphatic heterocycles. The first-order valence-electron chi connectivity index (χ1n) is 4.56. The molecular weight excluding hydrogens is 178 g/mol. The zero-order chi connectivity index (χ0) is 10.3. The summed E-state index contributed by atoms with van der Waals surface area (Å²) >= 11 is 0. The van der Waals surface area contributed by atoms with Gasteiger partial charge < -0.3 is 0 Å². The van der Waals surface area contributed by atoms with Gasteiger partial charge in [0.15, 0.2) is 5.65 Å². The maximum absolute atomic E-state index is 11.3. The van der Waals surface area contributed by atoms with Crippen molar-refractivity contribution in [2.75, 3.05) is 0 Å². The van der Waals surface area contributed by atoms with Gasteiger partial charge in [-0.1, -0.05) is 26.8 Å². The standard InChI is InChI=1S/C10H13N3O/c1-10(2,3)7-4-5-8-11-12-9(14)13(8)6-7/h4-6H,1-3H3,(H,12,14). The van der Waals surface area contributed by atoms with Crippen molar-refractivity contribution < 1.29 is 0 Å². The average Bonchev–Trinajstić information content (AvgIpc) is 2.46. The summed E-state index contributed by atoms with van der Waals surface area (Å²) in [6, 6.07) is 3.84. The van der Waals surface area contributed by atoms with Crippen molar-refractivity contribution in [1.29, 1.82) is 0 Å². The molecule has 0 saturated carbocycles. The summed E-state index contributed by atoms with van der Waals surface area (Å²) in [7, 11) is 0. The molecule has 0 aromatic carbocycles. The molecule has 2 aromatic heterocycles. The molecule has 0 bridgehead atoms. The van der Waals surface area contributed by atoms with Crippen LogP contribution in [0.15, 0.2) is 23.1 Å². The third kappa shape index (κ3) is 1.32. The van der Waals surface area contributed by atoms with Gasteiger partial charge in [0, 0.05) is 6.20 Å². The summed E-state index contributed by atoms with van der Waals surface area (Å²) in [6.07, 6.45) is 1.83. The minimum absolute atomic E-state index is 0.0465. The molecule has 4 nitrogen and oxygen atoms in total. The summed E-state index contributed by atoms with van der Waals surface area (Å²) < 4.78 is 1.53. The molecule has 14 heavy (non-hydrogen) atoms. The summed E-state index contributed by atoms with van der Waals surface area (Å²) in [5.41, 5.74) is 1.63. The van der Waals surface area contributed by atoms with Crippen molar-refractivity contribution in [3.05, 3.63) is 34.4 Å². The normalized spacial score (nSPS) is 12.2. The van der Waals surface area contributed by atoms with Crippen LogP contribution in [0.4, 0.5) is 0 Å². The van der Waals surface area contributed by atoms with Gasteiger partial charge in [0.2, 0.25) is 0 Å². The Kier molecular flexibility index (Phi) is 1.74. The molecule has 2 heterocycles. The molecule has 0 aliphatic carbocycles. The van der Waals surface area contributed by atoms with Crippen LogP contribution in [0.2, 0.25) is 0 Å². The fraction of sp³-hybridized carbons (Fsp3) is 0.400. The third-order valence-corrected chi connectivity index (χ3v) is 2.28. The maximum Gasteiger partial charge on any atom is 0.347 e. The predicted molar refractivity (Wildman–Crippen MR) is 54.5 cm³/mol. The van der Waals surface area contributed by atoms with E-state index in [4.69, 9.17) is 0 Å². The van der Waals surface area contributed by atoms with Crippen LogP contribution in [-0.2, 0) is 5.41 Å². The second kappa shape index (κ2) is 2.70. The van der Waals surface area contributed by atoms with Gasteiger partial charge in [0.05, 0.1) is 0 Å². The molecule has 2 rings (SSSR count). The van der Waals surface area contributed by atoms with Gasteiger partial charge in [-0.15, -0.1) is 0 Å². The molecular formula is C10H13N3O. The van der Waals surface area contributed by atoms with E-state index in [2.05, 4.69) is 31.0 Å². The van der Waals surface area contributed by atoms with Crippen LogP contribution in [0.1, 0.15) is 26.3 Å². The molecule has 4 heteroatoms. The van der Waals surface area contributed by atoms with Gasteiger partial charge in [0.25, 0.3) is 0 Å². The lowest BCUT2D eigenvalue weighted by Gasteiger charge is -2.18. The Balaban J connectivity index is 2.72. The second-order valence-electron chi connectivity index (χ2n) is 4.42. The zero-order valence-corrected chi connectivity index (χ0v) is 8.53. The van der Waals surface area contributed by atoms with Crippen LogP contribution in [0, 0.1) is 0 Å². The summed E-state index contributed by atoms with van der Waals surface area (Å²) in [5.74, 6) is 0. The molecule has 0 atom stereocenters. The van der Waals surface area contributed by atoms with Gasteiger partial charge >= 0.3 is 5.69 Å². The molecule has 1 N–H and O–H groups in total. The van der Waals surface area contributed by atoms with Crippen LogP contribution in [0.25, 0.3) is 5.65 Å². The van der Waals surface area contributed by atoms with E-state index in [1.165, 1.54) is 4.40 Å². The van der Waals surface area contributed by atoms with Crippen molar-refractivity contribution in [3.8, 4) is 0 Å². The summed E-state index contributed by atoms with van der Waals surface area (Å²) in [5, 5.41) is 6.28. The van der Waals surface area contributed by atoms with Gasteiger partial charge in [0.1, 0.15) is 0 Å². The molecule has 0 saturated heterocycles. The smallest absolute Gasteiger partial charge is 0.250 e. The number of aromatic amines is 1. The summed E-state index contributed by atoms with van der Waals surface area (Å²) in [6.45, 7) is 6.33. The maximum atomic E-state index is 11.3. The number of nitrogens with zero attached hydrogens (tertiary/aromatic N) is 2. The Morgan fingerprint density at radius 1 is 1.36 bits per heavy atom. The number of aromatic nitrogens is 3. The lowest BCUT2D eigenvalue weighted by atomic mass is 9.88. The minimum Gasteiger partial charge on any atom is -0.250 e. The fourth-order valence-electron chi connectivity index (χ4n) is 1.35. The van der Waals surface area contributed by atoms with E-state index in [1.54, 1.807) is 0 Å². The Morgan fingerprint density at radius 3 is 2.71 bits per heavy atom. The van der Waals surface area contributed by atoms with Crippen LogP contribution in [-0.4, -0.2) is 14.6 Å². The number of hydrogen-bond acceptors (Lipinski definition) is 2. The van der Waals surface area contributed by atoms with Crippen LogP contribution in [0.5, 0.6) is 0 Å². The van der Waals surface area contributed by atoms with Crippen molar-refractivity contribution >= 4 is 5.65 Å². The largest absolute Gasteiger partial charge is 0.347 e. The highest BCUT2D eigenvalue weighted by molar-refractivity contribution is 5.39. The van der Waals surface area contributed by atoms with E-state index in [1.807, 2.05) is 18.3 Å². The van der Waals surface area contributed by atoms with Crippen molar-refractivity contribution in [2.45, 2.75) is 26.2 Å². The van der Waals surface area contributed by atoms with E-state index >= 15 is 0 Å². The molecule has 0 radical (unpaired) electrons.